The van der Waals surface area contributed by atoms with Crippen LogP contribution in [0.1, 0.15) is 35.3 Å². The minimum atomic E-state index is 0.282. The fourth-order valence-corrected chi connectivity index (χ4v) is 1.93. The summed E-state index contributed by atoms with van der Waals surface area (Å²) in [4.78, 5) is 0.282. The van der Waals surface area contributed by atoms with Gasteiger partial charge in [-0.25, -0.2) is 4.68 Å². The molecule has 6 heteroatoms. The molecule has 0 aliphatic heterocycles. The lowest BCUT2D eigenvalue weighted by atomic mass is 10.3. The minimum Gasteiger partial charge on any atom is -0.270 e. The van der Waals surface area contributed by atoms with E-state index in [1.54, 1.807) is 0 Å². The first-order valence-electron chi connectivity index (χ1n) is 5.63. The molecule has 0 spiro atoms. The van der Waals surface area contributed by atoms with E-state index in [4.69, 9.17) is 0 Å². The molecule has 0 aliphatic carbocycles. The van der Waals surface area contributed by atoms with E-state index in [0.717, 1.165) is 23.5 Å². The van der Waals surface area contributed by atoms with E-state index in [2.05, 4.69) is 44.3 Å². The maximum atomic E-state index is 4.31. The summed E-state index contributed by atoms with van der Waals surface area (Å²) in [5.41, 5.74) is 3.13. The predicted octanol–water partition coefficient (Wildman–Crippen LogP) is 2.21. The van der Waals surface area contributed by atoms with Crippen LogP contribution < -0.4 is 0 Å². The molecule has 2 aromatic rings. The zero-order chi connectivity index (χ0) is 12.4. The number of aromatic nitrogens is 5. The lowest BCUT2D eigenvalue weighted by Gasteiger charge is -2.01. The van der Waals surface area contributed by atoms with Gasteiger partial charge in [-0.3, -0.25) is 4.68 Å². The van der Waals surface area contributed by atoms with Crippen molar-refractivity contribution in [1.82, 2.24) is 24.8 Å². The Morgan fingerprint density at radius 2 is 2.24 bits per heavy atom. The Morgan fingerprint density at radius 3 is 2.82 bits per heavy atom. The van der Waals surface area contributed by atoms with Gasteiger partial charge in [0.1, 0.15) is 0 Å². The van der Waals surface area contributed by atoms with Crippen LogP contribution in [0.2, 0.25) is 0 Å². The largest absolute Gasteiger partial charge is 0.270 e. The van der Waals surface area contributed by atoms with Crippen LogP contribution in [0.15, 0.2) is 12.3 Å². The average molecular weight is 298 g/mol. The number of hydrogen-bond donors (Lipinski definition) is 0. The quantitative estimate of drug-likeness (QED) is 0.813. The molecule has 1 unspecified atom stereocenters. The maximum Gasteiger partial charge on any atom is 0.0963 e. The van der Waals surface area contributed by atoms with E-state index in [9.17, 15) is 0 Å². The third-order valence-corrected chi connectivity index (χ3v) is 3.78. The molecule has 5 nitrogen and oxygen atoms in total. The van der Waals surface area contributed by atoms with Gasteiger partial charge in [0.05, 0.1) is 34.7 Å². The third-order valence-electron chi connectivity index (χ3n) is 2.66. The molecule has 17 heavy (non-hydrogen) atoms. The number of rotatable bonds is 4. The van der Waals surface area contributed by atoms with Crippen molar-refractivity contribution in [3.8, 4) is 0 Å². The standard InChI is InChI=1S/C11H16BrN5/c1-4-10(12)11-7-17(15-13-11)6-9-5-8(2)14-16(9)3/h5,7,10H,4,6H2,1-3H3. The molecule has 0 aromatic carbocycles. The number of aryl methyl sites for hydroxylation is 2. The van der Waals surface area contributed by atoms with Crippen LogP contribution in [0.4, 0.5) is 0 Å². The van der Waals surface area contributed by atoms with Crippen LogP contribution in [0.3, 0.4) is 0 Å². The highest BCUT2D eigenvalue weighted by Crippen LogP contribution is 2.23. The summed E-state index contributed by atoms with van der Waals surface area (Å²) in [6.07, 6.45) is 2.98. The molecule has 0 fully saturated rings. The van der Waals surface area contributed by atoms with E-state index in [1.807, 2.05) is 29.5 Å². The van der Waals surface area contributed by atoms with Gasteiger partial charge >= 0.3 is 0 Å². The summed E-state index contributed by atoms with van der Waals surface area (Å²) >= 11 is 3.57. The molecular weight excluding hydrogens is 282 g/mol. The Kier molecular flexibility index (Phi) is 3.61. The molecule has 0 aliphatic rings. The van der Waals surface area contributed by atoms with Crippen molar-refractivity contribution in [2.24, 2.45) is 7.05 Å². The van der Waals surface area contributed by atoms with Crippen molar-refractivity contribution < 1.29 is 0 Å². The van der Waals surface area contributed by atoms with Crippen LogP contribution in [0.25, 0.3) is 0 Å². The normalized spacial score (nSPS) is 12.9. The van der Waals surface area contributed by atoms with Crippen LogP contribution in [-0.4, -0.2) is 24.8 Å². The Balaban J connectivity index is 2.14. The molecule has 2 aromatic heterocycles. The van der Waals surface area contributed by atoms with E-state index >= 15 is 0 Å². The van der Waals surface area contributed by atoms with Crippen molar-refractivity contribution >= 4 is 15.9 Å². The summed E-state index contributed by atoms with van der Waals surface area (Å²) in [5.74, 6) is 0. The molecular formula is C11H16BrN5. The SMILES string of the molecule is CCC(Br)c1cn(Cc2cc(C)nn2C)nn1. The Morgan fingerprint density at radius 1 is 1.47 bits per heavy atom. The van der Waals surface area contributed by atoms with E-state index in [-0.39, 0.29) is 4.83 Å². The van der Waals surface area contributed by atoms with Crippen molar-refractivity contribution in [1.29, 1.82) is 0 Å². The molecule has 1 atom stereocenters. The maximum absolute atomic E-state index is 4.31. The summed E-state index contributed by atoms with van der Waals surface area (Å²) < 4.78 is 3.72. The topological polar surface area (TPSA) is 48.5 Å². The van der Waals surface area contributed by atoms with Crippen molar-refractivity contribution in [2.45, 2.75) is 31.6 Å². The lowest BCUT2D eigenvalue weighted by Crippen LogP contribution is -2.06. The van der Waals surface area contributed by atoms with Gasteiger partial charge in [0.15, 0.2) is 0 Å². The monoisotopic (exact) mass is 297 g/mol. The second kappa shape index (κ2) is 5.00. The zero-order valence-corrected chi connectivity index (χ0v) is 11.8. The van der Waals surface area contributed by atoms with Crippen LogP contribution in [0, 0.1) is 6.92 Å². The second-order valence-corrected chi connectivity index (χ2v) is 5.22. The van der Waals surface area contributed by atoms with Gasteiger partial charge in [-0.15, -0.1) is 5.10 Å². The summed E-state index contributed by atoms with van der Waals surface area (Å²) in [6, 6.07) is 2.06. The average Bonchev–Trinajstić information content (AvgIpc) is 2.86. The fraction of sp³-hybridized carbons (Fsp3) is 0.545. The third kappa shape index (κ3) is 2.74. The van der Waals surface area contributed by atoms with Gasteiger partial charge < -0.3 is 0 Å². The van der Waals surface area contributed by atoms with Crippen LogP contribution in [-0.2, 0) is 13.6 Å². The number of halogens is 1. The molecule has 0 radical (unpaired) electrons. The van der Waals surface area contributed by atoms with E-state index in [0.29, 0.717) is 6.54 Å². The molecule has 0 bridgehead atoms. The number of hydrogen-bond acceptors (Lipinski definition) is 3. The van der Waals surface area contributed by atoms with Crippen molar-refractivity contribution in [3.63, 3.8) is 0 Å². The van der Waals surface area contributed by atoms with Crippen LogP contribution in [0.5, 0.6) is 0 Å². The molecule has 0 N–H and O–H groups in total. The summed E-state index contributed by atoms with van der Waals surface area (Å²) in [7, 11) is 1.94. The summed E-state index contributed by atoms with van der Waals surface area (Å²) in [5, 5.41) is 12.6. The molecule has 0 saturated carbocycles. The second-order valence-electron chi connectivity index (χ2n) is 4.12. The van der Waals surface area contributed by atoms with Gasteiger partial charge in [-0.2, -0.15) is 5.10 Å². The minimum absolute atomic E-state index is 0.282. The first-order chi connectivity index (χ1) is 8.10. The zero-order valence-electron chi connectivity index (χ0n) is 10.3. The van der Waals surface area contributed by atoms with E-state index in [1.165, 1.54) is 0 Å². The number of alkyl halides is 1. The highest BCUT2D eigenvalue weighted by atomic mass is 79.9. The number of nitrogens with zero attached hydrogens (tertiary/aromatic N) is 5. The van der Waals surface area contributed by atoms with Gasteiger partial charge in [-0.1, -0.05) is 28.1 Å². The molecule has 0 saturated heterocycles. The van der Waals surface area contributed by atoms with Gasteiger partial charge in [-0.05, 0) is 19.4 Å². The molecule has 2 heterocycles. The highest BCUT2D eigenvalue weighted by Gasteiger charge is 2.10. The fourth-order valence-electron chi connectivity index (χ4n) is 1.72. The van der Waals surface area contributed by atoms with Crippen molar-refractivity contribution in [2.75, 3.05) is 0 Å². The Labute approximate surface area is 109 Å². The van der Waals surface area contributed by atoms with Gasteiger partial charge in [0.2, 0.25) is 0 Å². The van der Waals surface area contributed by atoms with Crippen LogP contribution >= 0.6 is 15.9 Å². The smallest absolute Gasteiger partial charge is 0.0963 e. The Bertz CT molecular complexity index is 502. The Hall–Kier alpha value is -1.17. The van der Waals surface area contributed by atoms with E-state index < -0.39 is 0 Å². The van der Waals surface area contributed by atoms with Gasteiger partial charge in [0, 0.05) is 7.05 Å². The molecule has 2 rings (SSSR count). The first-order valence-corrected chi connectivity index (χ1v) is 6.55. The molecule has 0 amide bonds. The van der Waals surface area contributed by atoms with Gasteiger partial charge in [0.25, 0.3) is 0 Å². The predicted molar refractivity (Wildman–Crippen MR) is 69.0 cm³/mol. The first kappa shape index (κ1) is 12.3. The summed E-state index contributed by atoms with van der Waals surface area (Å²) in [6.45, 7) is 4.80. The molecule has 92 valence electrons. The highest BCUT2D eigenvalue weighted by molar-refractivity contribution is 9.09. The van der Waals surface area contributed by atoms with Crippen molar-refractivity contribution in [3.05, 3.63) is 29.3 Å². The lowest BCUT2D eigenvalue weighted by molar-refractivity contribution is 0.599.